The average molecular weight is 321 g/mol. The molecule has 1 amide bonds. The molecule has 0 unspecified atom stereocenters. The highest BCUT2D eigenvalue weighted by Crippen LogP contribution is 2.28. The van der Waals surface area contributed by atoms with Crippen LogP contribution in [0.25, 0.3) is 0 Å². The molecule has 0 saturated carbocycles. The van der Waals surface area contributed by atoms with Crippen molar-refractivity contribution in [3.63, 3.8) is 0 Å². The van der Waals surface area contributed by atoms with E-state index in [2.05, 4.69) is 51.6 Å². The van der Waals surface area contributed by atoms with Crippen LogP contribution in [0.3, 0.4) is 0 Å². The topological polar surface area (TPSA) is 49.6 Å². The van der Waals surface area contributed by atoms with Gasteiger partial charge in [-0.3, -0.25) is 9.69 Å². The van der Waals surface area contributed by atoms with Crippen molar-refractivity contribution in [2.75, 3.05) is 32.7 Å². The van der Waals surface area contributed by atoms with E-state index in [0.29, 0.717) is 11.3 Å². The van der Waals surface area contributed by atoms with Gasteiger partial charge in [0.2, 0.25) is 0 Å². The zero-order valence-corrected chi connectivity index (χ0v) is 15.7. The summed E-state index contributed by atoms with van der Waals surface area (Å²) >= 11 is 0. The minimum Gasteiger partial charge on any atom is -0.361 e. The van der Waals surface area contributed by atoms with Crippen molar-refractivity contribution in [3.8, 4) is 0 Å². The fourth-order valence-corrected chi connectivity index (χ4v) is 3.07. The van der Waals surface area contributed by atoms with Crippen molar-refractivity contribution in [3.05, 3.63) is 17.0 Å². The average Bonchev–Trinajstić information content (AvgIpc) is 2.79. The molecule has 0 aromatic carbocycles. The number of aryl methyl sites for hydroxylation is 1. The zero-order chi connectivity index (χ0) is 17.4. The van der Waals surface area contributed by atoms with Gasteiger partial charge in [-0.25, -0.2) is 0 Å². The number of carbonyl (C=O) groups excluding carboxylic acids is 1. The molecule has 5 heteroatoms. The zero-order valence-electron chi connectivity index (χ0n) is 15.7. The third kappa shape index (κ3) is 4.34. The number of amides is 1. The first-order chi connectivity index (χ1) is 10.5. The molecular formula is C18H31N3O2. The minimum absolute atomic E-state index is 0.0593. The predicted molar refractivity (Wildman–Crippen MR) is 91.7 cm³/mol. The van der Waals surface area contributed by atoms with Gasteiger partial charge in [-0.1, -0.05) is 46.7 Å². The highest BCUT2D eigenvalue weighted by Gasteiger charge is 2.33. The number of nitrogens with zero attached hydrogens (tertiary/aromatic N) is 3. The van der Waals surface area contributed by atoms with Crippen molar-refractivity contribution >= 4 is 5.91 Å². The Hall–Kier alpha value is -1.36. The lowest BCUT2D eigenvalue weighted by Gasteiger charge is -2.38. The van der Waals surface area contributed by atoms with Crippen molar-refractivity contribution in [2.24, 2.45) is 5.41 Å². The lowest BCUT2D eigenvalue weighted by molar-refractivity contribution is 0.0588. The molecule has 5 nitrogen and oxygen atoms in total. The Kier molecular flexibility index (Phi) is 4.90. The second kappa shape index (κ2) is 6.27. The number of aromatic nitrogens is 1. The van der Waals surface area contributed by atoms with Crippen molar-refractivity contribution in [1.29, 1.82) is 0 Å². The van der Waals surface area contributed by atoms with Gasteiger partial charge in [0.05, 0.1) is 0 Å². The van der Waals surface area contributed by atoms with Gasteiger partial charge >= 0.3 is 0 Å². The van der Waals surface area contributed by atoms with Gasteiger partial charge in [-0.2, -0.15) is 0 Å². The van der Waals surface area contributed by atoms with Crippen LogP contribution in [0.15, 0.2) is 4.52 Å². The summed E-state index contributed by atoms with van der Waals surface area (Å²) in [7, 11) is 0. The maximum absolute atomic E-state index is 12.9. The second-order valence-corrected chi connectivity index (χ2v) is 8.84. The van der Waals surface area contributed by atoms with Gasteiger partial charge in [0.15, 0.2) is 0 Å². The lowest BCUT2D eigenvalue weighted by Crippen LogP contribution is -2.50. The van der Waals surface area contributed by atoms with Crippen LogP contribution in [0.2, 0.25) is 0 Å². The standard InChI is InChI=1S/C18H31N3O2/c1-13-14(15(19-23-13)18(5,6)7)16(22)21-10-8-20(9-11-21)12-17(2,3)4/h8-12H2,1-7H3. The highest BCUT2D eigenvalue weighted by molar-refractivity contribution is 5.96. The minimum atomic E-state index is -0.198. The third-order valence-electron chi connectivity index (χ3n) is 4.14. The van der Waals surface area contributed by atoms with Crippen LogP contribution in [-0.2, 0) is 5.41 Å². The predicted octanol–water partition coefficient (Wildman–Crippen LogP) is 3.08. The molecule has 0 radical (unpaired) electrons. The quantitative estimate of drug-likeness (QED) is 0.840. The number of carbonyl (C=O) groups is 1. The Labute approximate surface area is 140 Å². The summed E-state index contributed by atoms with van der Waals surface area (Å²) in [5.74, 6) is 0.682. The largest absolute Gasteiger partial charge is 0.361 e. The molecule has 0 spiro atoms. The molecule has 1 fully saturated rings. The van der Waals surface area contributed by atoms with Gasteiger partial charge in [0.1, 0.15) is 17.0 Å². The van der Waals surface area contributed by atoms with Crippen LogP contribution in [0.5, 0.6) is 0 Å². The van der Waals surface area contributed by atoms with Crippen LogP contribution in [0.1, 0.15) is 63.4 Å². The number of hydrogen-bond acceptors (Lipinski definition) is 4. The van der Waals surface area contributed by atoms with Gasteiger partial charge in [-0.15, -0.1) is 0 Å². The normalized spacial score (nSPS) is 17.6. The third-order valence-corrected chi connectivity index (χ3v) is 4.14. The first-order valence-electron chi connectivity index (χ1n) is 8.47. The maximum atomic E-state index is 12.9. The molecule has 23 heavy (non-hydrogen) atoms. The SMILES string of the molecule is Cc1onc(C(C)(C)C)c1C(=O)N1CCN(CC(C)(C)C)CC1. The Morgan fingerprint density at radius 1 is 1.09 bits per heavy atom. The molecule has 2 rings (SSSR count). The van der Waals surface area contributed by atoms with E-state index in [9.17, 15) is 4.79 Å². The van der Waals surface area contributed by atoms with E-state index in [1.807, 2.05) is 11.8 Å². The summed E-state index contributed by atoms with van der Waals surface area (Å²) in [6.45, 7) is 19.2. The summed E-state index contributed by atoms with van der Waals surface area (Å²) in [6, 6.07) is 0. The molecule has 1 aromatic heterocycles. The van der Waals surface area contributed by atoms with Crippen molar-refractivity contribution in [2.45, 2.75) is 53.9 Å². The molecule has 1 saturated heterocycles. The number of hydrogen-bond donors (Lipinski definition) is 0. The Balaban J connectivity index is 2.08. The van der Waals surface area contributed by atoms with E-state index in [1.54, 1.807) is 0 Å². The summed E-state index contributed by atoms with van der Waals surface area (Å²) < 4.78 is 5.31. The highest BCUT2D eigenvalue weighted by atomic mass is 16.5. The molecule has 0 bridgehead atoms. The van der Waals surface area contributed by atoms with Crippen LogP contribution in [0, 0.1) is 12.3 Å². The van der Waals surface area contributed by atoms with Crippen LogP contribution < -0.4 is 0 Å². The first kappa shape index (κ1) is 18.0. The lowest BCUT2D eigenvalue weighted by atomic mass is 9.88. The van der Waals surface area contributed by atoms with Crippen LogP contribution in [0.4, 0.5) is 0 Å². The molecule has 130 valence electrons. The molecule has 0 atom stereocenters. The van der Waals surface area contributed by atoms with Crippen LogP contribution >= 0.6 is 0 Å². The summed E-state index contributed by atoms with van der Waals surface area (Å²) in [4.78, 5) is 17.3. The smallest absolute Gasteiger partial charge is 0.259 e. The molecule has 1 aliphatic heterocycles. The Bertz CT molecular complexity index is 556. The van der Waals surface area contributed by atoms with E-state index in [-0.39, 0.29) is 16.7 Å². The molecule has 0 N–H and O–H groups in total. The molecule has 1 aromatic rings. The summed E-state index contributed by atoms with van der Waals surface area (Å²) in [5, 5.41) is 4.13. The second-order valence-electron chi connectivity index (χ2n) is 8.84. The molecule has 1 aliphatic rings. The number of rotatable bonds is 2. The Morgan fingerprint density at radius 2 is 1.65 bits per heavy atom. The van der Waals surface area contributed by atoms with Crippen molar-refractivity contribution in [1.82, 2.24) is 15.0 Å². The van der Waals surface area contributed by atoms with Gasteiger partial charge in [0, 0.05) is 38.1 Å². The van der Waals surface area contributed by atoms with E-state index in [1.165, 1.54) is 0 Å². The van der Waals surface area contributed by atoms with E-state index in [0.717, 1.165) is 38.4 Å². The van der Waals surface area contributed by atoms with Gasteiger partial charge < -0.3 is 9.42 Å². The van der Waals surface area contributed by atoms with E-state index >= 15 is 0 Å². The fourth-order valence-electron chi connectivity index (χ4n) is 3.07. The molecule has 2 heterocycles. The van der Waals surface area contributed by atoms with E-state index in [4.69, 9.17) is 4.52 Å². The molecule has 0 aliphatic carbocycles. The Morgan fingerprint density at radius 3 is 2.13 bits per heavy atom. The summed E-state index contributed by atoms with van der Waals surface area (Å²) in [5.41, 5.74) is 1.51. The van der Waals surface area contributed by atoms with Crippen molar-refractivity contribution < 1.29 is 9.32 Å². The fraction of sp³-hybridized carbons (Fsp3) is 0.778. The maximum Gasteiger partial charge on any atom is 0.259 e. The summed E-state index contributed by atoms with van der Waals surface area (Å²) in [6.07, 6.45) is 0. The van der Waals surface area contributed by atoms with Gasteiger partial charge in [0.25, 0.3) is 5.91 Å². The monoisotopic (exact) mass is 321 g/mol. The van der Waals surface area contributed by atoms with Gasteiger partial charge in [-0.05, 0) is 12.3 Å². The van der Waals surface area contributed by atoms with E-state index < -0.39 is 0 Å². The van der Waals surface area contributed by atoms with Crippen LogP contribution in [-0.4, -0.2) is 53.6 Å². The number of piperazine rings is 1. The molecular weight excluding hydrogens is 290 g/mol. The first-order valence-corrected chi connectivity index (χ1v) is 8.47.